The highest BCUT2D eigenvalue weighted by atomic mass is 35.5. The van der Waals surface area contributed by atoms with E-state index in [-0.39, 0.29) is 23.9 Å². The first kappa shape index (κ1) is 19.1. The lowest BCUT2D eigenvalue weighted by molar-refractivity contribution is -0.130. The van der Waals surface area contributed by atoms with Gasteiger partial charge in [0, 0.05) is 25.7 Å². The van der Waals surface area contributed by atoms with Crippen LogP contribution in [0, 0.1) is 5.92 Å². The summed E-state index contributed by atoms with van der Waals surface area (Å²) in [7, 11) is 0. The second-order valence-corrected chi connectivity index (χ2v) is 7.45. The first-order valence-electron chi connectivity index (χ1n) is 7.97. The molecule has 1 rings (SSSR count). The molecule has 0 atom stereocenters. The molecular weight excluding hydrogens is 304 g/mol. The second kappa shape index (κ2) is 8.04. The van der Waals surface area contributed by atoms with Crippen molar-refractivity contribution in [1.29, 1.82) is 0 Å². The molecule has 2 amide bonds. The highest BCUT2D eigenvalue weighted by molar-refractivity contribution is 6.27. The van der Waals surface area contributed by atoms with E-state index in [2.05, 4.69) is 0 Å². The van der Waals surface area contributed by atoms with Gasteiger partial charge in [0.2, 0.25) is 5.91 Å². The molecule has 1 saturated heterocycles. The summed E-state index contributed by atoms with van der Waals surface area (Å²) in [5.74, 6) is 0.433. The van der Waals surface area contributed by atoms with Crippen LogP contribution < -0.4 is 0 Å². The van der Waals surface area contributed by atoms with Gasteiger partial charge in [0.1, 0.15) is 11.5 Å². The Hall–Kier alpha value is -0.970. The molecular formula is C16H29ClN2O3. The highest BCUT2D eigenvalue weighted by Crippen LogP contribution is 2.21. The van der Waals surface area contributed by atoms with Gasteiger partial charge in [-0.3, -0.25) is 4.79 Å². The topological polar surface area (TPSA) is 49.9 Å². The van der Waals surface area contributed by atoms with Crippen LogP contribution in [0.15, 0.2) is 0 Å². The number of likely N-dealkylation sites (tertiary alicyclic amines) is 1. The van der Waals surface area contributed by atoms with E-state index in [0.717, 1.165) is 25.9 Å². The normalized spacial score (nSPS) is 16.8. The number of halogens is 1. The van der Waals surface area contributed by atoms with Gasteiger partial charge in [0.25, 0.3) is 0 Å². The zero-order valence-corrected chi connectivity index (χ0v) is 15.2. The van der Waals surface area contributed by atoms with E-state index in [1.807, 2.05) is 34.6 Å². The predicted octanol–water partition coefficient (Wildman–Crippen LogP) is 3.11. The molecule has 0 aliphatic carbocycles. The number of carbonyl (C=O) groups is 2. The number of piperidine rings is 1. The molecule has 1 aliphatic rings. The molecule has 1 aliphatic heterocycles. The Labute approximate surface area is 138 Å². The van der Waals surface area contributed by atoms with Gasteiger partial charge in [-0.15, -0.1) is 11.6 Å². The average molecular weight is 333 g/mol. The van der Waals surface area contributed by atoms with Crippen LogP contribution in [0.1, 0.15) is 47.5 Å². The first-order valence-corrected chi connectivity index (χ1v) is 8.51. The van der Waals surface area contributed by atoms with E-state index in [9.17, 15) is 9.59 Å². The van der Waals surface area contributed by atoms with Crippen LogP contribution in [0.25, 0.3) is 0 Å². The third kappa shape index (κ3) is 6.03. The lowest BCUT2D eigenvalue weighted by atomic mass is 9.96. The summed E-state index contributed by atoms with van der Waals surface area (Å²) in [6, 6.07) is 0.0948. The zero-order valence-electron chi connectivity index (χ0n) is 14.4. The fourth-order valence-corrected chi connectivity index (χ4v) is 2.71. The summed E-state index contributed by atoms with van der Waals surface area (Å²) in [6.45, 7) is 11.7. The van der Waals surface area contributed by atoms with Crippen LogP contribution in [0.4, 0.5) is 4.79 Å². The molecule has 6 heteroatoms. The quantitative estimate of drug-likeness (QED) is 0.743. The predicted molar refractivity (Wildman–Crippen MR) is 88.1 cm³/mol. The zero-order chi connectivity index (χ0) is 16.9. The van der Waals surface area contributed by atoms with Crippen LogP contribution in [0.3, 0.4) is 0 Å². The van der Waals surface area contributed by atoms with Crippen molar-refractivity contribution >= 4 is 23.6 Å². The van der Waals surface area contributed by atoms with E-state index in [4.69, 9.17) is 16.3 Å². The molecule has 0 aromatic rings. The van der Waals surface area contributed by atoms with Gasteiger partial charge in [-0.25, -0.2) is 4.79 Å². The van der Waals surface area contributed by atoms with Gasteiger partial charge in [-0.2, -0.15) is 0 Å². The fraction of sp³-hybridized carbons (Fsp3) is 0.875. The maximum atomic E-state index is 12.3. The molecule has 0 radical (unpaired) electrons. The van der Waals surface area contributed by atoms with Gasteiger partial charge >= 0.3 is 6.09 Å². The van der Waals surface area contributed by atoms with E-state index in [0.29, 0.717) is 12.5 Å². The van der Waals surface area contributed by atoms with Crippen LogP contribution in [-0.4, -0.2) is 59.0 Å². The summed E-state index contributed by atoms with van der Waals surface area (Å²) in [5.41, 5.74) is -0.486. The van der Waals surface area contributed by atoms with Crippen molar-refractivity contribution in [3.05, 3.63) is 0 Å². The van der Waals surface area contributed by atoms with Crippen molar-refractivity contribution in [3.63, 3.8) is 0 Å². The van der Waals surface area contributed by atoms with Crippen molar-refractivity contribution in [1.82, 2.24) is 9.80 Å². The number of nitrogens with zero attached hydrogens (tertiary/aromatic N) is 2. The molecule has 0 unspecified atom stereocenters. The molecule has 0 saturated carbocycles. The number of rotatable bonds is 4. The maximum Gasteiger partial charge on any atom is 0.410 e. The Bertz CT molecular complexity index is 385. The fourth-order valence-electron chi connectivity index (χ4n) is 2.54. The largest absolute Gasteiger partial charge is 0.444 e. The summed E-state index contributed by atoms with van der Waals surface area (Å²) in [4.78, 5) is 27.5. The Morgan fingerprint density at radius 1 is 1.27 bits per heavy atom. The Balaban J connectivity index is 2.55. The number of carbonyl (C=O) groups excluding carboxylic acids is 2. The molecule has 0 aromatic carbocycles. The van der Waals surface area contributed by atoms with Gasteiger partial charge in [0.05, 0.1) is 0 Å². The van der Waals surface area contributed by atoms with Crippen LogP contribution in [0.2, 0.25) is 0 Å². The standard InChI is InChI=1S/C16H29ClN2O3/c1-12(2)19(15(21)22-16(3,4)5)11-13-6-8-18(9-7-13)14(20)10-17/h12-13H,6-11H2,1-5H3. The minimum absolute atomic E-state index is 0.00650. The molecule has 0 N–H and O–H groups in total. The molecule has 128 valence electrons. The number of alkyl halides is 1. The smallest absolute Gasteiger partial charge is 0.410 e. The van der Waals surface area contributed by atoms with Crippen molar-refractivity contribution in [2.45, 2.75) is 59.1 Å². The summed E-state index contributed by atoms with van der Waals surface area (Å²) >= 11 is 5.59. The highest BCUT2D eigenvalue weighted by Gasteiger charge is 2.29. The minimum Gasteiger partial charge on any atom is -0.444 e. The van der Waals surface area contributed by atoms with Crippen molar-refractivity contribution in [3.8, 4) is 0 Å². The second-order valence-electron chi connectivity index (χ2n) is 7.18. The van der Waals surface area contributed by atoms with Crippen molar-refractivity contribution in [2.24, 2.45) is 5.92 Å². The molecule has 0 aromatic heterocycles. The Morgan fingerprint density at radius 3 is 2.23 bits per heavy atom. The van der Waals surface area contributed by atoms with Crippen molar-refractivity contribution in [2.75, 3.05) is 25.5 Å². The van der Waals surface area contributed by atoms with Gasteiger partial charge in [-0.05, 0) is 53.4 Å². The van der Waals surface area contributed by atoms with E-state index < -0.39 is 5.60 Å². The summed E-state index contributed by atoms with van der Waals surface area (Å²) < 4.78 is 5.48. The Kier molecular flexibility index (Phi) is 6.98. The lowest BCUT2D eigenvalue weighted by Crippen LogP contribution is -2.46. The Morgan fingerprint density at radius 2 is 1.82 bits per heavy atom. The lowest BCUT2D eigenvalue weighted by Gasteiger charge is -2.36. The number of ether oxygens (including phenoxy) is 1. The third-order valence-corrected chi connectivity index (χ3v) is 4.02. The maximum absolute atomic E-state index is 12.3. The number of hydrogen-bond acceptors (Lipinski definition) is 3. The van der Waals surface area contributed by atoms with E-state index in [1.165, 1.54) is 0 Å². The molecule has 22 heavy (non-hydrogen) atoms. The number of amides is 2. The SMILES string of the molecule is CC(C)N(CC1CCN(C(=O)CCl)CC1)C(=O)OC(C)(C)C. The minimum atomic E-state index is -0.486. The van der Waals surface area contributed by atoms with Crippen LogP contribution >= 0.6 is 11.6 Å². The van der Waals surface area contributed by atoms with Gasteiger partial charge in [0.15, 0.2) is 0 Å². The van der Waals surface area contributed by atoms with Gasteiger partial charge in [-0.1, -0.05) is 0 Å². The monoisotopic (exact) mass is 332 g/mol. The van der Waals surface area contributed by atoms with Gasteiger partial charge < -0.3 is 14.5 Å². The van der Waals surface area contributed by atoms with Crippen LogP contribution in [0.5, 0.6) is 0 Å². The molecule has 0 spiro atoms. The molecule has 1 fully saturated rings. The molecule has 5 nitrogen and oxygen atoms in total. The summed E-state index contributed by atoms with van der Waals surface area (Å²) in [5, 5.41) is 0. The van der Waals surface area contributed by atoms with E-state index in [1.54, 1.807) is 9.80 Å². The summed E-state index contributed by atoms with van der Waals surface area (Å²) in [6.07, 6.45) is 1.53. The van der Waals surface area contributed by atoms with E-state index >= 15 is 0 Å². The van der Waals surface area contributed by atoms with Crippen LogP contribution in [-0.2, 0) is 9.53 Å². The third-order valence-electron chi connectivity index (χ3n) is 3.79. The molecule has 1 heterocycles. The molecule has 0 bridgehead atoms. The van der Waals surface area contributed by atoms with Crippen molar-refractivity contribution < 1.29 is 14.3 Å². The number of hydrogen-bond donors (Lipinski definition) is 0. The average Bonchev–Trinajstić information content (AvgIpc) is 2.42. The first-order chi connectivity index (χ1) is 10.1.